The molecule has 1 N–H and O–H groups in total. The van der Waals surface area contributed by atoms with E-state index in [0.29, 0.717) is 0 Å². The number of Topliss-reactive ketones (excluding diaryl/α,β-unsaturated/α-hetero) is 1. The Morgan fingerprint density at radius 2 is 1.84 bits per heavy atom. The van der Waals surface area contributed by atoms with E-state index in [1.165, 1.54) is 21.3 Å². The number of alkyl halides is 2. The van der Waals surface area contributed by atoms with Crippen molar-refractivity contribution >= 4 is 43.6 Å². The van der Waals surface area contributed by atoms with Crippen molar-refractivity contribution in [2.75, 3.05) is 21.3 Å². The third kappa shape index (κ3) is 1.41. The van der Waals surface area contributed by atoms with E-state index >= 15 is 0 Å². The summed E-state index contributed by atoms with van der Waals surface area (Å²) >= 11 is 6.64. The van der Waals surface area contributed by atoms with Crippen LogP contribution in [0.1, 0.15) is 6.42 Å². The average molecular weight is 402 g/mol. The summed E-state index contributed by atoms with van der Waals surface area (Å²) in [6.07, 6.45) is -1.33. The minimum absolute atomic E-state index is 0.114. The fourth-order valence-electron chi connectivity index (χ4n) is 3.25. The molecule has 8 heteroatoms. The van der Waals surface area contributed by atoms with Crippen molar-refractivity contribution in [1.82, 2.24) is 0 Å². The van der Waals surface area contributed by atoms with Crippen molar-refractivity contribution < 1.29 is 28.9 Å². The van der Waals surface area contributed by atoms with Gasteiger partial charge in [-0.1, -0.05) is 31.9 Å². The first-order valence-corrected chi connectivity index (χ1v) is 7.13. The summed E-state index contributed by atoms with van der Waals surface area (Å²) in [5.41, 5.74) is 0. The van der Waals surface area contributed by atoms with E-state index in [4.69, 9.17) is 14.2 Å². The molecule has 0 aliphatic heterocycles. The maximum atomic E-state index is 12.2. The molecule has 2 rings (SSSR count). The minimum atomic E-state index is -1.49. The molecule has 0 radical (unpaired) electrons. The van der Waals surface area contributed by atoms with Gasteiger partial charge in [0.1, 0.15) is 14.8 Å². The van der Waals surface area contributed by atoms with Gasteiger partial charge in [0, 0.05) is 14.2 Å². The lowest BCUT2D eigenvalue weighted by molar-refractivity contribution is -0.222. The Hall–Kier alpha value is -0.0200. The van der Waals surface area contributed by atoms with Gasteiger partial charge in [0.25, 0.3) is 0 Å². The summed E-state index contributed by atoms with van der Waals surface area (Å²) in [5, 5.41) is 10.2. The zero-order valence-corrected chi connectivity index (χ0v) is 13.8. The number of aliphatic hydroxyl groups excluding tert-OH is 1. The smallest absolute Gasteiger partial charge is 0.310 e. The Kier molecular flexibility index (Phi) is 3.63. The molecule has 0 aromatic rings. The van der Waals surface area contributed by atoms with Gasteiger partial charge < -0.3 is 19.3 Å². The number of methoxy groups -OCH3 is 3. The monoisotopic (exact) mass is 400 g/mol. The second-order valence-electron chi connectivity index (χ2n) is 4.64. The number of esters is 1. The van der Waals surface area contributed by atoms with Gasteiger partial charge in [0.2, 0.25) is 5.79 Å². The van der Waals surface area contributed by atoms with Crippen molar-refractivity contribution in [2.24, 2.45) is 5.92 Å². The number of hydrogen-bond acceptors (Lipinski definition) is 6. The van der Waals surface area contributed by atoms with E-state index in [-0.39, 0.29) is 6.42 Å². The van der Waals surface area contributed by atoms with Gasteiger partial charge in [0.05, 0.1) is 13.0 Å². The Labute approximate surface area is 127 Å². The fourth-order valence-corrected chi connectivity index (χ4v) is 5.93. The van der Waals surface area contributed by atoms with E-state index < -0.39 is 38.2 Å². The molecule has 2 aliphatic rings. The number of carbonyl (C=O) groups excluding carboxylic acids is 2. The second-order valence-corrected chi connectivity index (χ2v) is 7.31. The Morgan fingerprint density at radius 1 is 1.32 bits per heavy atom. The summed E-state index contributed by atoms with van der Waals surface area (Å²) in [7, 11) is 3.97. The molecule has 0 spiro atoms. The van der Waals surface area contributed by atoms with Crippen molar-refractivity contribution in [2.45, 2.75) is 27.0 Å². The number of hydrogen-bond donors (Lipinski definition) is 1. The Bertz CT molecular complexity index is 437. The van der Waals surface area contributed by atoms with Crippen LogP contribution in [0.25, 0.3) is 0 Å². The molecule has 108 valence electrons. The zero-order chi connectivity index (χ0) is 14.6. The molecule has 0 aromatic carbocycles. The zero-order valence-electron chi connectivity index (χ0n) is 10.6. The normalized spacial score (nSPS) is 43.6. The molecule has 6 nitrogen and oxygen atoms in total. The summed E-state index contributed by atoms with van der Waals surface area (Å²) in [5.74, 6) is -3.28. The molecular weight excluding hydrogens is 388 g/mol. The number of fused-ring (bicyclic) bond motifs is 2. The van der Waals surface area contributed by atoms with Crippen LogP contribution in [0.2, 0.25) is 0 Å². The lowest BCUT2D eigenvalue weighted by Gasteiger charge is -2.40. The predicted molar refractivity (Wildman–Crippen MR) is 71.2 cm³/mol. The molecule has 2 fully saturated rings. The van der Waals surface area contributed by atoms with Crippen LogP contribution in [0.15, 0.2) is 0 Å². The van der Waals surface area contributed by atoms with Crippen LogP contribution in [0, 0.1) is 5.92 Å². The topological polar surface area (TPSA) is 82.1 Å². The molecule has 0 amide bonds. The Morgan fingerprint density at radius 3 is 2.21 bits per heavy atom. The molecule has 0 unspecified atom stereocenters. The number of ketones is 1. The van der Waals surface area contributed by atoms with Crippen LogP contribution < -0.4 is 0 Å². The summed E-state index contributed by atoms with van der Waals surface area (Å²) in [4.78, 5) is 24.2. The van der Waals surface area contributed by atoms with Gasteiger partial charge in [0.15, 0.2) is 5.78 Å². The number of ether oxygens (including phenoxy) is 3. The molecule has 2 aliphatic carbocycles. The lowest BCUT2D eigenvalue weighted by Crippen LogP contribution is -2.58. The van der Waals surface area contributed by atoms with Gasteiger partial charge in [-0.15, -0.1) is 0 Å². The largest absolute Gasteiger partial charge is 0.469 e. The maximum Gasteiger partial charge on any atom is 0.310 e. The summed E-state index contributed by atoms with van der Waals surface area (Å²) in [6.45, 7) is 0. The van der Waals surface area contributed by atoms with E-state index in [1.807, 2.05) is 0 Å². The average Bonchev–Trinajstić information content (AvgIpc) is 2.69. The standard InChI is InChI=1S/C11H14Br2O6/c1-17-8(16)5-4-9(12)6(14)7(15)10(5,13)11(9,18-2)19-3/h5,7,15H,4H2,1-3H3/t5-,7-,9-,10+/m1/s1. The van der Waals surface area contributed by atoms with Crippen molar-refractivity contribution in [3.8, 4) is 0 Å². The highest BCUT2D eigenvalue weighted by Crippen LogP contribution is 2.67. The van der Waals surface area contributed by atoms with Crippen LogP contribution in [0.3, 0.4) is 0 Å². The SMILES string of the molecule is COC(=O)[C@H]1C[C@@]2(Br)C(=O)[C@@H](O)[C@]1(Br)C2(OC)OC. The third-order valence-electron chi connectivity index (χ3n) is 4.12. The van der Waals surface area contributed by atoms with E-state index in [2.05, 4.69) is 31.9 Å². The first kappa shape index (κ1) is 15.4. The van der Waals surface area contributed by atoms with Crippen molar-refractivity contribution in [3.05, 3.63) is 0 Å². The predicted octanol–water partition coefficient (Wildman–Crippen LogP) is 0.379. The summed E-state index contributed by atoms with van der Waals surface area (Å²) < 4.78 is 12.9. The molecular formula is C11H14Br2O6. The molecule has 2 saturated carbocycles. The molecule has 0 saturated heterocycles. The van der Waals surface area contributed by atoms with Crippen LogP contribution in [-0.4, -0.2) is 58.7 Å². The highest BCUT2D eigenvalue weighted by molar-refractivity contribution is 9.11. The highest BCUT2D eigenvalue weighted by atomic mass is 79.9. The van der Waals surface area contributed by atoms with Crippen LogP contribution >= 0.6 is 31.9 Å². The fraction of sp³-hybridized carbons (Fsp3) is 0.818. The van der Waals surface area contributed by atoms with Crippen molar-refractivity contribution in [1.29, 1.82) is 0 Å². The lowest BCUT2D eigenvalue weighted by atomic mass is 9.85. The third-order valence-corrected chi connectivity index (χ3v) is 6.86. The minimum Gasteiger partial charge on any atom is -0.469 e. The van der Waals surface area contributed by atoms with Crippen LogP contribution in [-0.2, 0) is 23.8 Å². The van der Waals surface area contributed by atoms with Crippen LogP contribution in [0.4, 0.5) is 0 Å². The highest BCUT2D eigenvalue weighted by Gasteiger charge is 2.86. The van der Waals surface area contributed by atoms with E-state index in [1.54, 1.807) is 0 Å². The molecule has 0 heterocycles. The number of aliphatic hydroxyl groups is 1. The molecule has 2 bridgehead atoms. The number of carbonyl (C=O) groups is 2. The number of rotatable bonds is 3. The van der Waals surface area contributed by atoms with Gasteiger partial charge in [-0.2, -0.15) is 0 Å². The number of halogens is 2. The van der Waals surface area contributed by atoms with Crippen LogP contribution in [0.5, 0.6) is 0 Å². The van der Waals surface area contributed by atoms with Crippen molar-refractivity contribution in [3.63, 3.8) is 0 Å². The van der Waals surface area contributed by atoms with Gasteiger partial charge in [-0.3, -0.25) is 9.59 Å². The molecule has 19 heavy (non-hydrogen) atoms. The first-order chi connectivity index (χ1) is 8.76. The Balaban J connectivity index is 2.65. The van der Waals surface area contributed by atoms with E-state index in [9.17, 15) is 14.7 Å². The van der Waals surface area contributed by atoms with E-state index in [0.717, 1.165) is 0 Å². The van der Waals surface area contributed by atoms with Gasteiger partial charge >= 0.3 is 5.97 Å². The molecule has 4 atom stereocenters. The first-order valence-electron chi connectivity index (χ1n) is 5.55. The van der Waals surface area contributed by atoms with Gasteiger partial charge in [-0.05, 0) is 6.42 Å². The quantitative estimate of drug-likeness (QED) is 0.418. The second kappa shape index (κ2) is 4.49. The van der Waals surface area contributed by atoms with Gasteiger partial charge in [-0.25, -0.2) is 0 Å². The molecule has 0 aromatic heterocycles. The maximum absolute atomic E-state index is 12.2. The summed E-state index contributed by atoms with van der Waals surface area (Å²) in [6, 6.07) is 0.